The molecule has 0 fully saturated rings. The standard InChI is InChI=1S/C24H20BrNO4/c1-29-18-9-5-8-17(12-18)14-26-21-11-10-19(30-15-16-6-3-2-4-7-16)13-20(21)22(25)23(26)24(27)28/h2-13H,14-15H2,1H3,(H,27,28). The number of hydrogen-bond donors (Lipinski definition) is 1. The molecule has 6 heteroatoms. The summed E-state index contributed by atoms with van der Waals surface area (Å²) in [5.74, 6) is 0.423. The van der Waals surface area contributed by atoms with E-state index in [9.17, 15) is 9.90 Å². The summed E-state index contributed by atoms with van der Waals surface area (Å²) in [5.41, 5.74) is 3.03. The van der Waals surface area contributed by atoms with E-state index < -0.39 is 5.97 Å². The van der Waals surface area contributed by atoms with E-state index in [2.05, 4.69) is 15.9 Å². The smallest absolute Gasteiger partial charge is 0.353 e. The predicted octanol–water partition coefficient (Wildman–Crippen LogP) is 5.74. The summed E-state index contributed by atoms with van der Waals surface area (Å²) in [6.07, 6.45) is 0. The number of methoxy groups -OCH3 is 1. The van der Waals surface area contributed by atoms with Crippen LogP contribution in [0.2, 0.25) is 0 Å². The van der Waals surface area contributed by atoms with E-state index in [4.69, 9.17) is 9.47 Å². The van der Waals surface area contributed by atoms with E-state index in [1.807, 2.05) is 72.8 Å². The van der Waals surface area contributed by atoms with Crippen LogP contribution in [0.3, 0.4) is 0 Å². The Morgan fingerprint density at radius 2 is 1.73 bits per heavy atom. The molecule has 0 amide bonds. The first-order valence-electron chi connectivity index (χ1n) is 9.41. The van der Waals surface area contributed by atoms with Crippen LogP contribution >= 0.6 is 15.9 Å². The second-order valence-corrected chi connectivity index (χ2v) is 7.65. The minimum absolute atomic E-state index is 0.202. The largest absolute Gasteiger partial charge is 0.497 e. The first-order chi connectivity index (χ1) is 14.6. The molecule has 0 saturated heterocycles. The lowest BCUT2D eigenvalue weighted by Gasteiger charge is -2.11. The molecule has 4 aromatic rings. The molecule has 0 aliphatic carbocycles. The third-order valence-corrected chi connectivity index (χ3v) is 5.70. The fourth-order valence-corrected chi connectivity index (χ4v) is 4.15. The van der Waals surface area contributed by atoms with Gasteiger partial charge in [-0.05, 0) is 57.4 Å². The zero-order valence-corrected chi connectivity index (χ0v) is 17.9. The molecule has 0 bridgehead atoms. The van der Waals surface area contributed by atoms with Gasteiger partial charge in [-0.15, -0.1) is 0 Å². The molecule has 1 N–H and O–H groups in total. The maximum absolute atomic E-state index is 12.0. The van der Waals surface area contributed by atoms with Crippen molar-refractivity contribution in [1.82, 2.24) is 4.57 Å². The lowest BCUT2D eigenvalue weighted by Crippen LogP contribution is -2.10. The van der Waals surface area contributed by atoms with E-state index in [0.29, 0.717) is 23.4 Å². The van der Waals surface area contributed by atoms with Crippen LogP contribution in [0.15, 0.2) is 77.3 Å². The van der Waals surface area contributed by atoms with Crippen LogP contribution in [0.5, 0.6) is 11.5 Å². The molecule has 3 aromatic carbocycles. The molecule has 1 aromatic heterocycles. The Labute approximate surface area is 182 Å². The molecule has 5 nitrogen and oxygen atoms in total. The number of halogens is 1. The quantitative estimate of drug-likeness (QED) is 0.378. The minimum atomic E-state index is -0.993. The molecular weight excluding hydrogens is 446 g/mol. The fraction of sp³-hybridized carbons (Fsp3) is 0.125. The Balaban J connectivity index is 1.70. The van der Waals surface area contributed by atoms with Gasteiger partial charge in [0.2, 0.25) is 0 Å². The van der Waals surface area contributed by atoms with Gasteiger partial charge in [0.05, 0.1) is 17.1 Å². The first-order valence-corrected chi connectivity index (χ1v) is 10.2. The highest BCUT2D eigenvalue weighted by molar-refractivity contribution is 9.10. The van der Waals surface area contributed by atoms with Crippen molar-refractivity contribution in [3.63, 3.8) is 0 Å². The minimum Gasteiger partial charge on any atom is -0.497 e. The van der Waals surface area contributed by atoms with E-state index in [1.54, 1.807) is 11.7 Å². The number of hydrogen-bond acceptors (Lipinski definition) is 3. The summed E-state index contributed by atoms with van der Waals surface area (Å²) in [4.78, 5) is 12.0. The first kappa shape index (κ1) is 20.0. The van der Waals surface area contributed by atoms with Gasteiger partial charge in [0.1, 0.15) is 23.8 Å². The number of aromatic carboxylic acids is 1. The third kappa shape index (κ3) is 4.04. The summed E-state index contributed by atoms with van der Waals surface area (Å²) >= 11 is 3.49. The normalized spacial score (nSPS) is 10.9. The number of carboxylic acid groups (broad SMARTS) is 1. The van der Waals surface area contributed by atoms with Gasteiger partial charge < -0.3 is 19.1 Å². The van der Waals surface area contributed by atoms with Crippen LogP contribution in [-0.4, -0.2) is 22.8 Å². The average Bonchev–Trinajstić information content (AvgIpc) is 3.04. The highest BCUT2D eigenvalue weighted by Crippen LogP contribution is 2.34. The molecule has 0 spiro atoms. The summed E-state index contributed by atoms with van der Waals surface area (Å²) in [5, 5.41) is 10.6. The number of benzene rings is 3. The highest BCUT2D eigenvalue weighted by atomic mass is 79.9. The number of carboxylic acids is 1. The van der Waals surface area contributed by atoms with Crippen molar-refractivity contribution in [3.8, 4) is 11.5 Å². The van der Waals surface area contributed by atoms with E-state index in [1.165, 1.54) is 0 Å². The Bertz CT molecular complexity index is 1200. The third-order valence-electron chi connectivity index (χ3n) is 4.90. The van der Waals surface area contributed by atoms with Gasteiger partial charge in [-0.25, -0.2) is 4.79 Å². The second kappa shape index (κ2) is 8.63. The van der Waals surface area contributed by atoms with Crippen LogP contribution in [-0.2, 0) is 13.2 Å². The van der Waals surface area contributed by atoms with Gasteiger partial charge in [-0.3, -0.25) is 0 Å². The molecule has 30 heavy (non-hydrogen) atoms. The monoisotopic (exact) mass is 465 g/mol. The lowest BCUT2D eigenvalue weighted by molar-refractivity contribution is 0.0685. The molecule has 0 atom stereocenters. The van der Waals surface area contributed by atoms with Gasteiger partial charge in [0.25, 0.3) is 0 Å². The molecule has 152 valence electrons. The Morgan fingerprint density at radius 1 is 0.967 bits per heavy atom. The topological polar surface area (TPSA) is 60.7 Å². The van der Waals surface area contributed by atoms with Crippen molar-refractivity contribution in [3.05, 3.63) is 94.1 Å². The molecule has 0 unspecified atom stereocenters. The maximum Gasteiger partial charge on any atom is 0.353 e. The lowest BCUT2D eigenvalue weighted by atomic mass is 10.2. The van der Waals surface area contributed by atoms with Crippen molar-refractivity contribution in [1.29, 1.82) is 0 Å². The van der Waals surface area contributed by atoms with Crippen LogP contribution in [0.4, 0.5) is 0 Å². The van der Waals surface area contributed by atoms with Crippen LogP contribution < -0.4 is 9.47 Å². The van der Waals surface area contributed by atoms with E-state index >= 15 is 0 Å². The van der Waals surface area contributed by atoms with Gasteiger partial charge in [-0.1, -0.05) is 42.5 Å². The van der Waals surface area contributed by atoms with E-state index in [0.717, 1.165) is 27.8 Å². The molecule has 4 rings (SSSR count). The van der Waals surface area contributed by atoms with E-state index in [-0.39, 0.29) is 5.69 Å². The number of aromatic nitrogens is 1. The number of rotatable bonds is 7. The Morgan fingerprint density at radius 3 is 2.47 bits per heavy atom. The molecule has 0 aliphatic rings. The maximum atomic E-state index is 12.0. The number of fused-ring (bicyclic) bond motifs is 1. The van der Waals surface area contributed by atoms with Crippen LogP contribution in [0.25, 0.3) is 10.9 Å². The zero-order valence-electron chi connectivity index (χ0n) is 16.3. The summed E-state index contributed by atoms with van der Waals surface area (Å²) in [6, 6.07) is 23.1. The average molecular weight is 466 g/mol. The Hall–Kier alpha value is -3.25. The van der Waals surface area contributed by atoms with Gasteiger partial charge in [0.15, 0.2) is 0 Å². The van der Waals surface area contributed by atoms with Crippen LogP contribution in [0, 0.1) is 0 Å². The summed E-state index contributed by atoms with van der Waals surface area (Å²) in [7, 11) is 1.61. The fourth-order valence-electron chi connectivity index (χ4n) is 3.45. The van der Waals surface area contributed by atoms with Gasteiger partial charge >= 0.3 is 5.97 Å². The SMILES string of the molecule is COc1cccc(Cn2c(C(=O)O)c(Br)c3cc(OCc4ccccc4)ccc32)c1. The summed E-state index contributed by atoms with van der Waals surface area (Å²) < 4.78 is 13.5. The van der Waals surface area contributed by atoms with Crippen molar-refractivity contribution in [2.45, 2.75) is 13.2 Å². The van der Waals surface area contributed by atoms with Crippen LogP contribution in [0.1, 0.15) is 21.6 Å². The number of ether oxygens (including phenoxy) is 2. The second-order valence-electron chi connectivity index (χ2n) is 6.86. The summed E-state index contributed by atoms with van der Waals surface area (Å²) in [6.45, 7) is 0.853. The van der Waals surface area contributed by atoms with Crippen molar-refractivity contribution in [2.75, 3.05) is 7.11 Å². The van der Waals surface area contributed by atoms with Gasteiger partial charge in [-0.2, -0.15) is 0 Å². The molecular formula is C24H20BrNO4. The number of nitrogens with zero attached hydrogens (tertiary/aromatic N) is 1. The van der Waals surface area contributed by atoms with Crippen molar-refractivity contribution in [2.24, 2.45) is 0 Å². The highest BCUT2D eigenvalue weighted by Gasteiger charge is 2.21. The Kier molecular flexibility index (Phi) is 5.77. The molecule has 0 saturated carbocycles. The van der Waals surface area contributed by atoms with Gasteiger partial charge in [0, 0.05) is 11.9 Å². The zero-order chi connectivity index (χ0) is 21.1. The van der Waals surface area contributed by atoms with Crippen molar-refractivity contribution >= 4 is 32.8 Å². The predicted molar refractivity (Wildman–Crippen MR) is 119 cm³/mol. The molecule has 0 radical (unpaired) electrons. The molecule has 1 heterocycles. The number of carbonyl (C=O) groups is 1. The van der Waals surface area contributed by atoms with Crippen molar-refractivity contribution < 1.29 is 19.4 Å². The molecule has 0 aliphatic heterocycles.